The molecular formula is C20H23N7O2. The van der Waals surface area contributed by atoms with Gasteiger partial charge in [-0.25, -0.2) is 14.6 Å². The fourth-order valence-corrected chi connectivity index (χ4v) is 3.43. The first-order chi connectivity index (χ1) is 14.2. The summed E-state index contributed by atoms with van der Waals surface area (Å²) in [5.41, 5.74) is 1.18. The maximum Gasteiger partial charge on any atom is 0.273 e. The lowest BCUT2D eigenvalue weighted by molar-refractivity contribution is 0.0940. The molecule has 1 aromatic carbocycles. The van der Waals surface area contributed by atoms with Crippen molar-refractivity contribution in [2.24, 2.45) is 5.92 Å². The summed E-state index contributed by atoms with van der Waals surface area (Å²) in [7, 11) is 1.60. The highest BCUT2D eigenvalue weighted by Gasteiger charge is 2.23. The van der Waals surface area contributed by atoms with Crippen LogP contribution in [0.3, 0.4) is 0 Å². The van der Waals surface area contributed by atoms with Gasteiger partial charge in [0.25, 0.3) is 11.8 Å². The molecule has 29 heavy (non-hydrogen) atoms. The lowest BCUT2D eigenvalue weighted by Gasteiger charge is -2.33. The summed E-state index contributed by atoms with van der Waals surface area (Å²) in [6.07, 6.45) is 6.85. The lowest BCUT2D eigenvalue weighted by atomic mass is 9.97. The highest BCUT2D eigenvalue weighted by atomic mass is 16.5. The number of hydrogen-bond acceptors (Lipinski definition) is 7. The van der Waals surface area contributed by atoms with Gasteiger partial charge in [-0.1, -0.05) is 23.4 Å². The Morgan fingerprint density at radius 1 is 1.17 bits per heavy atom. The minimum Gasteiger partial charge on any atom is -0.478 e. The number of ether oxygens (including phenoxy) is 1. The van der Waals surface area contributed by atoms with Gasteiger partial charge in [0.1, 0.15) is 0 Å². The zero-order chi connectivity index (χ0) is 20.1. The van der Waals surface area contributed by atoms with Crippen LogP contribution in [0.1, 0.15) is 23.3 Å². The third-order valence-corrected chi connectivity index (χ3v) is 5.05. The minimum absolute atomic E-state index is 0.204. The Kier molecular flexibility index (Phi) is 5.64. The number of para-hydroxylation sites is 1. The Labute approximate surface area is 168 Å². The van der Waals surface area contributed by atoms with E-state index >= 15 is 0 Å². The molecule has 0 saturated carbocycles. The molecule has 150 valence electrons. The van der Waals surface area contributed by atoms with E-state index in [1.54, 1.807) is 30.4 Å². The largest absolute Gasteiger partial charge is 0.478 e. The molecule has 0 aliphatic carbocycles. The van der Waals surface area contributed by atoms with E-state index in [1.807, 2.05) is 30.3 Å². The molecule has 1 N–H and O–H groups in total. The minimum atomic E-state index is -0.204. The van der Waals surface area contributed by atoms with Crippen molar-refractivity contribution in [1.82, 2.24) is 30.3 Å². The molecule has 0 atom stereocenters. The van der Waals surface area contributed by atoms with Gasteiger partial charge in [-0.05, 0) is 30.9 Å². The van der Waals surface area contributed by atoms with Gasteiger partial charge < -0.3 is 15.0 Å². The van der Waals surface area contributed by atoms with E-state index in [2.05, 4.69) is 30.5 Å². The second-order valence-corrected chi connectivity index (χ2v) is 6.91. The van der Waals surface area contributed by atoms with Crippen LogP contribution in [-0.2, 0) is 0 Å². The molecular weight excluding hydrogens is 370 g/mol. The van der Waals surface area contributed by atoms with E-state index in [9.17, 15) is 4.79 Å². The first kappa shape index (κ1) is 18.9. The SMILES string of the molecule is COc1nccnc1N1CCC(CNC(=O)c2cn(-c3ccccc3)nn2)CC1. The Hall–Kier alpha value is -3.49. The summed E-state index contributed by atoms with van der Waals surface area (Å²) < 4.78 is 6.90. The number of carbonyl (C=O) groups excluding carboxylic acids is 1. The summed E-state index contributed by atoms with van der Waals surface area (Å²) in [5, 5.41) is 11.0. The number of nitrogens with one attached hydrogen (secondary N) is 1. The topological polar surface area (TPSA) is 98.1 Å². The first-order valence-electron chi connectivity index (χ1n) is 9.60. The molecule has 0 bridgehead atoms. The standard InChI is InChI=1S/C20H23N7O2/c1-29-20-18(21-9-10-22-20)26-11-7-15(8-12-26)13-23-19(28)17-14-27(25-24-17)16-5-3-2-4-6-16/h2-6,9-10,14-15H,7-8,11-13H2,1H3,(H,23,28). The number of benzene rings is 1. The fraction of sp³-hybridized carbons (Fsp3) is 0.350. The van der Waals surface area contributed by atoms with E-state index in [-0.39, 0.29) is 5.91 Å². The van der Waals surface area contributed by atoms with Crippen molar-refractivity contribution in [1.29, 1.82) is 0 Å². The van der Waals surface area contributed by atoms with Crippen molar-refractivity contribution >= 4 is 11.7 Å². The molecule has 2 aromatic heterocycles. The van der Waals surface area contributed by atoms with Gasteiger partial charge >= 0.3 is 0 Å². The van der Waals surface area contributed by atoms with E-state index in [0.717, 1.165) is 37.4 Å². The Balaban J connectivity index is 1.28. The van der Waals surface area contributed by atoms with Crippen LogP contribution >= 0.6 is 0 Å². The molecule has 1 fully saturated rings. The number of hydrogen-bond donors (Lipinski definition) is 1. The number of aromatic nitrogens is 5. The van der Waals surface area contributed by atoms with Crippen molar-refractivity contribution in [3.63, 3.8) is 0 Å². The predicted molar refractivity (Wildman–Crippen MR) is 107 cm³/mol. The number of amides is 1. The number of carbonyl (C=O) groups is 1. The summed E-state index contributed by atoms with van der Waals surface area (Å²) in [4.78, 5) is 23.2. The number of anilines is 1. The number of nitrogens with zero attached hydrogens (tertiary/aromatic N) is 6. The summed E-state index contributed by atoms with van der Waals surface area (Å²) in [5.74, 6) is 1.52. The van der Waals surface area contributed by atoms with Crippen LogP contribution in [0.4, 0.5) is 5.82 Å². The molecule has 1 amide bonds. The maximum absolute atomic E-state index is 12.4. The van der Waals surface area contributed by atoms with Crippen LogP contribution in [0.5, 0.6) is 5.88 Å². The highest BCUT2D eigenvalue weighted by molar-refractivity contribution is 5.91. The fourth-order valence-electron chi connectivity index (χ4n) is 3.43. The van der Waals surface area contributed by atoms with Gasteiger partial charge in [0.15, 0.2) is 11.5 Å². The normalized spacial score (nSPS) is 14.6. The molecule has 1 saturated heterocycles. The maximum atomic E-state index is 12.4. The molecule has 9 nitrogen and oxygen atoms in total. The van der Waals surface area contributed by atoms with Gasteiger partial charge in [0.05, 0.1) is 19.0 Å². The van der Waals surface area contributed by atoms with E-state index in [1.165, 1.54) is 0 Å². The van der Waals surface area contributed by atoms with Gasteiger partial charge in [-0.3, -0.25) is 4.79 Å². The lowest BCUT2D eigenvalue weighted by Crippen LogP contribution is -2.39. The van der Waals surface area contributed by atoms with Crippen LogP contribution in [0.25, 0.3) is 5.69 Å². The molecule has 9 heteroatoms. The molecule has 3 aromatic rings. The van der Waals surface area contributed by atoms with Crippen molar-refractivity contribution in [3.8, 4) is 11.6 Å². The van der Waals surface area contributed by atoms with E-state index in [4.69, 9.17) is 4.74 Å². The highest BCUT2D eigenvalue weighted by Crippen LogP contribution is 2.27. The van der Waals surface area contributed by atoms with Gasteiger partial charge in [-0.2, -0.15) is 0 Å². The Morgan fingerprint density at radius 3 is 2.69 bits per heavy atom. The Morgan fingerprint density at radius 2 is 1.93 bits per heavy atom. The van der Waals surface area contributed by atoms with Gasteiger partial charge in [0.2, 0.25) is 0 Å². The van der Waals surface area contributed by atoms with Crippen LogP contribution in [0, 0.1) is 5.92 Å². The summed E-state index contributed by atoms with van der Waals surface area (Å²) in [6, 6.07) is 9.59. The second kappa shape index (κ2) is 8.68. The first-order valence-corrected chi connectivity index (χ1v) is 9.60. The monoisotopic (exact) mass is 393 g/mol. The average Bonchev–Trinajstić information content (AvgIpc) is 3.29. The quantitative estimate of drug-likeness (QED) is 0.681. The number of piperidine rings is 1. The predicted octanol–water partition coefficient (Wildman–Crippen LogP) is 1.71. The zero-order valence-corrected chi connectivity index (χ0v) is 16.2. The summed E-state index contributed by atoms with van der Waals surface area (Å²) >= 11 is 0. The molecule has 0 spiro atoms. The van der Waals surface area contributed by atoms with Gasteiger partial charge in [0, 0.05) is 32.0 Å². The van der Waals surface area contributed by atoms with Crippen molar-refractivity contribution in [2.75, 3.05) is 31.6 Å². The molecule has 0 radical (unpaired) electrons. The van der Waals surface area contributed by atoms with Crippen molar-refractivity contribution in [3.05, 3.63) is 54.6 Å². The van der Waals surface area contributed by atoms with Crippen LogP contribution < -0.4 is 15.0 Å². The molecule has 1 aliphatic rings. The Bertz CT molecular complexity index is 952. The van der Waals surface area contributed by atoms with E-state index < -0.39 is 0 Å². The molecule has 3 heterocycles. The summed E-state index contributed by atoms with van der Waals surface area (Å²) in [6.45, 7) is 2.31. The van der Waals surface area contributed by atoms with Crippen molar-refractivity contribution < 1.29 is 9.53 Å². The molecule has 4 rings (SSSR count). The number of methoxy groups -OCH3 is 1. The second-order valence-electron chi connectivity index (χ2n) is 6.91. The van der Waals surface area contributed by atoms with Crippen LogP contribution in [0.2, 0.25) is 0 Å². The van der Waals surface area contributed by atoms with E-state index in [0.29, 0.717) is 24.0 Å². The molecule has 0 unspecified atom stereocenters. The average molecular weight is 393 g/mol. The van der Waals surface area contributed by atoms with Crippen LogP contribution in [-0.4, -0.2) is 57.6 Å². The van der Waals surface area contributed by atoms with Crippen LogP contribution in [0.15, 0.2) is 48.9 Å². The zero-order valence-electron chi connectivity index (χ0n) is 16.2. The smallest absolute Gasteiger partial charge is 0.273 e. The third-order valence-electron chi connectivity index (χ3n) is 5.05. The van der Waals surface area contributed by atoms with Gasteiger partial charge in [-0.15, -0.1) is 5.10 Å². The van der Waals surface area contributed by atoms with Crippen molar-refractivity contribution in [2.45, 2.75) is 12.8 Å². The third kappa shape index (κ3) is 4.34. The number of rotatable bonds is 6. The molecule has 1 aliphatic heterocycles.